The van der Waals surface area contributed by atoms with Crippen LogP contribution in [-0.2, 0) is 10.0 Å². The summed E-state index contributed by atoms with van der Waals surface area (Å²) in [6.45, 7) is 5.23. The molecule has 0 spiro atoms. The molecule has 0 aliphatic carbocycles. The average molecular weight is 190 g/mol. The molecule has 0 aromatic rings. The first-order valence-corrected chi connectivity index (χ1v) is 5.33. The van der Waals surface area contributed by atoms with E-state index in [1.54, 1.807) is 20.8 Å². The Balaban J connectivity index is 4.64. The molecule has 0 radical (unpaired) electrons. The molecule has 0 aromatic heterocycles. The summed E-state index contributed by atoms with van der Waals surface area (Å²) in [4.78, 5) is 0. The highest BCUT2D eigenvalue weighted by molar-refractivity contribution is 7.89. The molecule has 0 aromatic carbocycles. The predicted molar refractivity (Wildman–Crippen MR) is 46.9 cm³/mol. The van der Waals surface area contributed by atoms with Gasteiger partial charge in [-0.15, -0.1) is 0 Å². The van der Waals surface area contributed by atoms with E-state index in [1.807, 2.05) is 6.07 Å². The maximum atomic E-state index is 11.4. The predicted octanol–water partition coefficient (Wildman–Crippen LogP) is 0.570. The number of nitrogens with zero attached hydrogens (tertiary/aromatic N) is 2. The van der Waals surface area contributed by atoms with Crippen LogP contribution in [0.1, 0.15) is 20.8 Å². The van der Waals surface area contributed by atoms with Crippen molar-refractivity contribution >= 4 is 10.0 Å². The minimum Gasteiger partial charge on any atom is -0.212 e. The van der Waals surface area contributed by atoms with Crippen LogP contribution >= 0.6 is 0 Å². The van der Waals surface area contributed by atoms with Gasteiger partial charge in [0.15, 0.2) is 0 Å². The lowest BCUT2D eigenvalue weighted by Gasteiger charge is -2.19. The first kappa shape index (κ1) is 11.4. The molecular formula is C7H14N2O2S. The molecule has 0 rings (SSSR count). The summed E-state index contributed by atoms with van der Waals surface area (Å²) in [5.74, 6) is 0. The van der Waals surface area contributed by atoms with Crippen LogP contribution in [-0.4, -0.2) is 31.1 Å². The molecule has 0 unspecified atom stereocenters. The van der Waals surface area contributed by atoms with Crippen LogP contribution in [0.2, 0.25) is 0 Å². The Morgan fingerprint density at radius 3 is 2.25 bits per heavy atom. The van der Waals surface area contributed by atoms with Gasteiger partial charge in [-0.1, -0.05) is 6.92 Å². The zero-order valence-corrected chi connectivity index (χ0v) is 8.43. The van der Waals surface area contributed by atoms with E-state index < -0.39 is 15.3 Å². The molecule has 0 aliphatic rings. The normalized spacial score (nSPS) is 12.0. The first-order valence-electron chi connectivity index (χ1n) is 3.82. The van der Waals surface area contributed by atoms with Crippen LogP contribution in [0.5, 0.6) is 0 Å². The van der Waals surface area contributed by atoms with Crippen molar-refractivity contribution in [1.29, 1.82) is 5.26 Å². The van der Waals surface area contributed by atoms with Crippen molar-refractivity contribution in [2.24, 2.45) is 0 Å². The Morgan fingerprint density at radius 2 is 2.00 bits per heavy atom. The SMILES string of the molecule is CCN(CC#N)S(=O)(=O)C(C)C. The van der Waals surface area contributed by atoms with E-state index in [2.05, 4.69) is 0 Å². The number of sulfonamides is 1. The molecule has 0 saturated heterocycles. The van der Waals surface area contributed by atoms with Gasteiger partial charge in [-0.3, -0.25) is 0 Å². The van der Waals surface area contributed by atoms with Gasteiger partial charge in [0, 0.05) is 6.54 Å². The molecule has 0 aliphatic heterocycles. The lowest BCUT2D eigenvalue weighted by atomic mass is 10.6. The Morgan fingerprint density at radius 1 is 1.50 bits per heavy atom. The summed E-state index contributed by atoms with van der Waals surface area (Å²) in [5, 5.41) is 7.90. The van der Waals surface area contributed by atoms with Crippen LogP contribution < -0.4 is 0 Å². The molecule has 0 N–H and O–H groups in total. The van der Waals surface area contributed by atoms with Gasteiger partial charge in [0.05, 0.1) is 11.3 Å². The van der Waals surface area contributed by atoms with Crippen LogP contribution in [0.15, 0.2) is 0 Å². The smallest absolute Gasteiger partial charge is 0.212 e. The second-order valence-electron chi connectivity index (χ2n) is 2.68. The summed E-state index contributed by atoms with van der Waals surface area (Å²) < 4.78 is 24.0. The van der Waals surface area contributed by atoms with Crippen LogP contribution in [0.3, 0.4) is 0 Å². The summed E-state index contributed by atoms with van der Waals surface area (Å²) in [5.41, 5.74) is 0. The third-order valence-electron chi connectivity index (χ3n) is 1.56. The molecule has 0 fully saturated rings. The number of rotatable bonds is 4. The van der Waals surface area contributed by atoms with E-state index in [4.69, 9.17) is 5.26 Å². The minimum absolute atomic E-state index is 0.0585. The molecule has 0 heterocycles. The fourth-order valence-corrected chi connectivity index (χ4v) is 1.95. The first-order chi connectivity index (χ1) is 5.46. The lowest BCUT2D eigenvalue weighted by Crippen LogP contribution is -2.36. The van der Waals surface area contributed by atoms with Gasteiger partial charge in [0.1, 0.15) is 6.54 Å². The van der Waals surface area contributed by atoms with Gasteiger partial charge in [-0.25, -0.2) is 8.42 Å². The van der Waals surface area contributed by atoms with E-state index >= 15 is 0 Å². The molecule has 0 atom stereocenters. The monoisotopic (exact) mass is 190 g/mol. The summed E-state index contributed by atoms with van der Waals surface area (Å²) in [6.07, 6.45) is 0. The van der Waals surface area contributed by atoms with Crippen molar-refractivity contribution in [2.75, 3.05) is 13.1 Å². The molecule has 0 saturated carbocycles. The molecular weight excluding hydrogens is 176 g/mol. The lowest BCUT2D eigenvalue weighted by molar-refractivity contribution is 0.456. The second-order valence-corrected chi connectivity index (χ2v) is 5.17. The summed E-state index contributed by atoms with van der Waals surface area (Å²) >= 11 is 0. The van der Waals surface area contributed by atoms with Crippen molar-refractivity contribution in [1.82, 2.24) is 4.31 Å². The molecule has 12 heavy (non-hydrogen) atoms. The van der Waals surface area contributed by atoms with Crippen LogP contribution in [0.25, 0.3) is 0 Å². The Bertz CT molecular complexity index is 264. The van der Waals surface area contributed by atoms with Gasteiger partial charge >= 0.3 is 0 Å². The minimum atomic E-state index is -3.24. The van der Waals surface area contributed by atoms with Crippen molar-refractivity contribution in [3.63, 3.8) is 0 Å². The molecule has 5 heteroatoms. The van der Waals surface area contributed by atoms with E-state index in [-0.39, 0.29) is 6.54 Å². The number of hydrogen-bond acceptors (Lipinski definition) is 3. The quantitative estimate of drug-likeness (QED) is 0.609. The third kappa shape index (κ3) is 2.47. The van der Waals surface area contributed by atoms with E-state index in [0.717, 1.165) is 0 Å². The van der Waals surface area contributed by atoms with E-state index in [9.17, 15) is 8.42 Å². The van der Waals surface area contributed by atoms with Crippen molar-refractivity contribution in [3.8, 4) is 6.07 Å². The van der Waals surface area contributed by atoms with Gasteiger partial charge < -0.3 is 0 Å². The zero-order valence-electron chi connectivity index (χ0n) is 7.61. The zero-order chi connectivity index (χ0) is 9.78. The summed E-state index contributed by atoms with van der Waals surface area (Å²) in [7, 11) is -3.24. The fraction of sp³-hybridized carbons (Fsp3) is 0.857. The van der Waals surface area contributed by atoms with E-state index in [0.29, 0.717) is 6.54 Å². The highest BCUT2D eigenvalue weighted by Gasteiger charge is 2.23. The van der Waals surface area contributed by atoms with Crippen molar-refractivity contribution in [3.05, 3.63) is 0 Å². The average Bonchev–Trinajstić information content (AvgIpc) is 1.99. The van der Waals surface area contributed by atoms with Crippen molar-refractivity contribution < 1.29 is 8.42 Å². The number of nitriles is 1. The maximum Gasteiger partial charge on any atom is 0.217 e. The number of hydrogen-bond donors (Lipinski definition) is 0. The molecule has 4 nitrogen and oxygen atoms in total. The van der Waals surface area contributed by atoms with E-state index in [1.165, 1.54) is 4.31 Å². The van der Waals surface area contributed by atoms with Crippen LogP contribution in [0.4, 0.5) is 0 Å². The third-order valence-corrected chi connectivity index (χ3v) is 3.85. The molecule has 0 amide bonds. The highest BCUT2D eigenvalue weighted by atomic mass is 32.2. The van der Waals surface area contributed by atoms with Gasteiger partial charge in [-0.2, -0.15) is 9.57 Å². The summed E-state index contributed by atoms with van der Waals surface area (Å²) in [6, 6.07) is 1.83. The Kier molecular flexibility index (Phi) is 4.21. The van der Waals surface area contributed by atoms with Crippen LogP contribution in [0, 0.1) is 11.3 Å². The molecule has 70 valence electrons. The molecule has 0 bridgehead atoms. The highest BCUT2D eigenvalue weighted by Crippen LogP contribution is 2.06. The van der Waals surface area contributed by atoms with Crippen molar-refractivity contribution in [2.45, 2.75) is 26.0 Å². The Hall–Kier alpha value is -0.600. The largest absolute Gasteiger partial charge is 0.217 e. The van der Waals surface area contributed by atoms with Gasteiger partial charge in [0.2, 0.25) is 10.0 Å². The Labute approximate surface area is 73.8 Å². The fourth-order valence-electron chi connectivity index (χ4n) is 0.759. The van der Waals surface area contributed by atoms with Gasteiger partial charge in [0.25, 0.3) is 0 Å². The second kappa shape index (κ2) is 4.43. The standard InChI is InChI=1S/C7H14N2O2S/c1-4-9(6-5-8)12(10,11)7(2)3/h7H,4,6H2,1-3H3. The van der Waals surface area contributed by atoms with Gasteiger partial charge in [-0.05, 0) is 13.8 Å². The topological polar surface area (TPSA) is 61.2 Å². The maximum absolute atomic E-state index is 11.4.